The van der Waals surface area contributed by atoms with Gasteiger partial charge in [-0.05, 0) is 18.2 Å². The highest BCUT2D eigenvalue weighted by molar-refractivity contribution is 5.89. The number of aromatic nitrogens is 1. The van der Waals surface area contributed by atoms with Crippen molar-refractivity contribution >= 4 is 11.5 Å². The summed E-state index contributed by atoms with van der Waals surface area (Å²) in [5, 5.41) is 17.8. The van der Waals surface area contributed by atoms with Crippen LogP contribution in [0, 0.1) is 0 Å². The van der Waals surface area contributed by atoms with Crippen LogP contribution in [0.25, 0.3) is 5.52 Å². The molecular formula is C9H7NO3. The highest BCUT2D eigenvalue weighted by atomic mass is 16.4. The minimum Gasteiger partial charge on any atom is -0.506 e. The van der Waals surface area contributed by atoms with Gasteiger partial charge in [-0.25, -0.2) is 4.79 Å². The highest BCUT2D eigenvalue weighted by Gasteiger charge is 2.05. The quantitative estimate of drug-likeness (QED) is 0.691. The molecule has 2 aromatic rings. The Morgan fingerprint density at radius 1 is 1.31 bits per heavy atom. The number of aromatic hydroxyl groups is 1. The molecule has 0 aliphatic heterocycles. The summed E-state index contributed by atoms with van der Waals surface area (Å²) in [4.78, 5) is 10.6. The van der Waals surface area contributed by atoms with Crippen molar-refractivity contribution in [3.05, 3.63) is 36.2 Å². The minimum atomic E-state index is -0.969. The Morgan fingerprint density at radius 2 is 2.08 bits per heavy atom. The number of carboxylic acid groups (broad SMARTS) is 1. The lowest BCUT2D eigenvalue weighted by Crippen LogP contribution is -1.91. The van der Waals surface area contributed by atoms with E-state index in [0.717, 1.165) is 5.52 Å². The van der Waals surface area contributed by atoms with Gasteiger partial charge in [-0.15, -0.1) is 0 Å². The molecule has 2 aromatic heterocycles. The van der Waals surface area contributed by atoms with Crippen LogP contribution in [0.3, 0.4) is 0 Å². The fraction of sp³-hybridized carbons (Fsp3) is 0. The van der Waals surface area contributed by atoms with Crippen LogP contribution in [0.4, 0.5) is 0 Å². The van der Waals surface area contributed by atoms with Crippen LogP contribution in [-0.2, 0) is 0 Å². The predicted molar refractivity (Wildman–Crippen MR) is 46.0 cm³/mol. The number of fused-ring (bicyclic) bond motifs is 1. The molecule has 0 spiro atoms. The van der Waals surface area contributed by atoms with Gasteiger partial charge in [0.05, 0.1) is 11.8 Å². The maximum atomic E-state index is 10.6. The molecule has 0 atom stereocenters. The molecule has 2 heterocycles. The number of carboxylic acids is 1. The zero-order chi connectivity index (χ0) is 9.42. The van der Waals surface area contributed by atoms with Gasteiger partial charge in [-0.3, -0.25) is 0 Å². The van der Waals surface area contributed by atoms with Crippen LogP contribution < -0.4 is 0 Å². The van der Waals surface area contributed by atoms with Crippen molar-refractivity contribution in [2.75, 3.05) is 0 Å². The molecule has 4 heteroatoms. The maximum Gasteiger partial charge on any atom is 0.337 e. The van der Waals surface area contributed by atoms with Crippen molar-refractivity contribution in [1.29, 1.82) is 0 Å². The third-order valence-electron chi connectivity index (χ3n) is 1.82. The van der Waals surface area contributed by atoms with Crippen molar-refractivity contribution in [2.24, 2.45) is 0 Å². The second-order valence-electron chi connectivity index (χ2n) is 2.75. The maximum absolute atomic E-state index is 10.6. The zero-order valence-electron chi connectivity index (χ0n) is 6.64. The van der Waals surface area contributed by atoms with E-state index in [4.69, 9.17) is 10.2 Å². The van der Waals surface area contributed by atoms with E-state index in [1.165, 1.54) is 18.5 Å². The van der Waals surface area contributed by atoms with E-state index in [-0.39, 0.29) is 11.3 Å². The number of nitrogens with zero attached hydrogens (tertiary/aromatic N) is 1. The molecule has 0 fully saturated rings. The molecule has 0 amide bonds. The second kappa shape index (κ2) is 2.52. The highest BCUT2D eigenvalue weighted by Crippen LogP contribution is 2.14. The van der Waals surface area contributed by atoms with Gasteiger partial charge in [0.25, 0.3) is 0 Å². The summed E-state index contributed by atoms with van der Waals surface area (Å²) in [5.41, 5.74) is 0.959. The topological polar surface area (TPSA) is 61.9 Å². The second-order valence-corrected chi connectivity index (χ2v) is 2.75. The molecule has 0 bridgehead atoms. The zero-order valence-corrected chi connectivity index (χ0v) is 6.64. The SMILES string of the molecule is O=C(O)c1cc2ccc(O)cn2c1. The van der Waals surface area contributed by atoms with Crippen molar-refractivity contribution in [2.45, 2.75) is 0 Å². The van der Waals surface area contributed by atoms with Gasteiger partial charge in [0, 0.05) is 11.7 Å². The molecule has 0 radical (unpaired) electrons. The van der Waals surface area contributed by atoms with E-state index in [9.17, 15) is 4.79 Å². The van der Waals surface area contributed by atoms with E-state index in [1.807, 2.05) is 0 Å². The molecule has 2 N–H and O–H groups in total. The molecule has 66 valence electrons. The number of hydrogen-bond donors (Lipinski definition) is 2. The summed E-state index contributed by atoms with van der Waals surface area (Å²) in [6.07, 6.45) is 2.92. The average Bonchev–Trinajstić information content (AvgIpc) is 2.46. The monoisotopic (exact) mass is 177 g/mol. The molecule has 2 rings (SSSR count). The van der Waals surface area contributed by atoms with E-state index in [1.54, 1.807) is 16.5 Å². The van der Waals surface area contributed by atoms with E-state index in [2.05, 4.69) is 0 Å². The summed E-state index contributed by atoms with van der Waals surface area (Å²) in [6.45, 7) is 0. The van der Waals surface area contributed by atoms with E-state index >= 15 is 0 Å². The minimum absolute atomic E-state index is 0.111. The Kier molecular flexibility index (Phi) is 1.48. The van der Waals surface area contributed by atoms with Crippen LogP contribution in [0.1, 0.15) is 10.4 Å². The first-order valence-corrected chi connectivity index (χ1v) is 3.71. The smallest absolute Gasteiger partial charge is 0.337 e. The van der Waals surface area contributed by atoms with Crippen molar-refractivity contribution < 1.29 is 15.0 Å². The van der Waals surface area contributed by atoms with Gasteiger partial charge >= 0.3 is 5.97 Å². The number of aromatic carboxylic acids is 1. The van der Waals surface area contributed by atoms with Crippen LogP contribution in [0.15, 0.2) is 30.6 Å². The third kappa shape index (κ3) is 1.22. The Labute approximate surface area is 73.7 Å². The van der Waals surface area contributed by atoms with Gasteiger partial charge in [0.2, 0.25) is 0 Å². The van der Waals surface area contributed by atoms with Crippen LogP contribution in [0.2, 0.25) is 0 Å². The number of rotatable bonds is 1. The fourth-order valence-electron chi connectivity index (χ4n) is 1.21. The molecule has 13 heavy (non-hydrogen) atoms. The van der Waals surface area contributed by atoms with Gasteiger partial charge in [0.1, 0.15) is 5.75 Å². The van der Waals surface area contributed by atoms with Crippen molar-refractivity contribution in [3.63, 3.8) is 0 Å². The summed E-state index contributed by atoms with van der Waals surface area (Å²) < 4.78 is 1.57. The number of carbonyl (C=O) groups is 1. The van der Waals surface area contributed by atoms with Gasteiger partial charge in [-0.1, -0.05) is 0 Å². The first-order valence-electron chi connectivity index (χ1n) is 3.71. The van der Waals surface area contributed by atoms with Crippen LogP contribution >= 0.6 is 0 Å². The first-order chi connectivity index (χ1) is 6.16. The largest absolute Gasteiger partial charge is 0.506 e. The van der Waals surface area contributed by atoms with Crippen molar-refractivity contribution in [1.82, 2.24) is 4.40 Å². The van der Waals surface area contributed by atoms with Gasteiger partial charge in [-0.2, -0.15) is 0 Å². The summed E-state index contributed by atoms with van der Waals surface area (Å²) in [5.74, 6) is -0.858. The van der Waals surface area contributed by atoms with E-state index < -0.39 is 5.97 Å². The molecule has 0 aromatic carbocycles. The standard InChI is InChI=1S/C9H7NO3/c11-8-2-1-7-3-6(9(12)13)4-10(7)5-8/h1-5,11H,(H,12,13). The lowest BCUT2D eigenvalue weighted by molar-refractivity contribution is 0.0697. The molecule has 0 saturated heterocycles. The van der Waals surface area contributed by atoms with Crippen molar-refractivity contribution in [3.8, 4) is 5.75 Å². The molecule has 0 unspecified atom stereocenters. The van der Waals surface area contributed by atoms with Crippen LogP contribution in [-0.4, -0.2) is 20.6 Å². The normalized spacial score (nSPS) is 10.5. The Balaban J connectivity index is 2.68. The third-order valence-corrected chi connectivity index (χ3v) is 1.82. The fourth-order valence-corrected chi connectivity index (χ4v) is 1.21. The lowest BCUT2D eigenvalue weighted by atomic mass is 10.3. The summed E-state index contributed by atoms with van der Waals surface area (Å²) in [6, 6.07) is 4.71. The lowest BCUT2D eigenvalue weighted by Gasteiger charge is -1.93. The molecule has 0 aliphatic carbocycles. The summed E-state index contributed by atoms with van der Waals surface area (Å²) >= 11 is 0. The first kappa shape index (κ1) is 7.67. The summed E-state index contributed by atoms with van der Waals surface area (Å²) in [7, 11) is 0. The average molecular weight is 177 g/mol. The predicted octanol–water partition coefficient (Wildman–Crippen LogP) is 1.34. The van der Waals surface area contributed by atoms with E-state index in [0.29, 0.717) is 0 Å². The Bertz CT molecular complexity index is 473. The molecule has 4 nitrogen and oxygen atoms in total. The molecule has 0 aliphatic rings. The number of pyridine rings is 1. The van der Waals surface area contributed by atoms with Crippen LogP contribution in [0.5, 0.6) is 5.75 Å². The molecule has 0 saturated carbocycles. The Morgan fingerprint density at radius 3 is 2.77 bits per heavy atom. The number of hydrogen-bond acceptors (Lipinski definition) is 2. The molecular weight excluding hydrogens is 170 g/mol. The van der Waals surface area contributed by atoms with Gasteiger partial charge < -0.3 is 14.6 Å². The van der Waals surface area contributed by atoms with Gasteiger partial charge in [0.15, 0.2) is 0 Å². The Hall–Kier alpha value is -1.97.